The van der Waals surface area contributed by atoms with Crippen molar-refractivity contribution in [3.63, 3.8) is 0 Å². The molecule has 168 valence electrons. The van der Waals surface area contributed by atoms with Crippen molar-refractivity contribution in [2.75, 3.05) is 10.6 Å². The van der Waals surface area contributed by atoms with Crippen LogP contribution in [0.3, 0.4) is 0 Å². The third-order valence-corrected chi connectivity index (χ3v) is 5.32. The van der Waals surface area contributed by atoms with Crippen LogP contribution in [-0.4, -0.2) is 25.2 Å². The summed E-state index contributed by atoms with van der Waals surface area (Å²) in [5.41, 5.74) is 7.49. The molecule has 2 aromatic carbocycles. The molecule has 0 bridgehead atoms. The van der Waals surface area contributed by atoms with Crippen molar-refractivity contribution in [2.45, 2.75) is 20.0 Å². The Bertz CT molecular complexity index is 1400. The highest BCUT2D eigenvalue weighted by atomic mass is 16.2. The van der Waals surface area contributed by atoms with Crippen LogP contribution in [0.4, 0.5) is 11.5 Å². The lowest BCUT2D eigenvalue weighted by Crippen LogP contribution is -2.41. The van der Waals surface area contributed by atoms with Gasteiger partial charge >= 0.3 is 5.69 Å². The summed E-state index contributed by atoms with van der Waals surface area (Å²) in [7, 11) is 1.66. The van der Waals surface area contributed by atoms with Gasteiger partial charge in [-0.15, -0.1) is 0 Å². The van der Waals surface area contributed by atoms with Gasteiger partial charge in [-0.3, -0.25) is 28.7 Å². The maximum absolute atomic E-state index is 13.6. The first-order chi connectivity index (χ1) is 15.8. The molecule has 0 saturated carbocycles. The molecule has 0 radical (unpaired) electrons. The van der Waals surface area contributed by atoms with Gasteiger partial charge in [-0.2, -0.15) is 5.10 Å². The number of amides is 1. The van der Waals surface area contributed by atoms with E-state index in [9.17, 15) is 14.4 Å². The molecule has 9 heteroatoms. The number of hydrogen-bond acceptors (Lipinski definition) is 5. The Hall–Kier alpha value is -4.40. The molecule has 33 heavy (non-hydrogen) atoms. The summed E-state index contributed by atoms with van der Waals surface area (Å²) >= 11 is 0. The van der Waals surface area contributed by atoms with Gasteiger partial charge in [0.2, 0.25) is 0 Å². The Morgan fingerprint density at radius 2 is 1.64 bits per heavy atom. The van der Waals surface area contributed by atoms with Crippen molar-refractivity contribution in [2.24, 2.45) is 7.05 Å². The number of hydrogen-bond donors (Lipinski definition) is 2. The second-order valence-corrected chi connectivity index (χ2v) is 7.74. The fourth-order valence-electron chi connectivity index (χ4n) is 3.73. The maximum atomic E-state index is 13.6. The lowest BCUT2D eigenvalue weighted by atomic mass is 10.2. The predicted octanol–water partition coefficient (Wildman–Crippen LogP) is 2.06. The summed E-state index contributed by atoms with van der Waals surface area (Å²) in [4.78, 5) is 42.8. The summed E-state index contributed by atoms with van der Waals surface area (Å²) in [6.07, 6.45) is 0. The van der Waals surface area contributed by atoms with Crippen molar-refractivity contribution in [3.05, 3.63) is 110 Å². The van der Waals surface area contributed by atoms with Gasteiger partial charge in [0.05, 0.1) is 18.8 Å². The molecule has 0 unspecified atom stereocenters. The van der Waals surface area contributed by atoms with Gasteiger partial charge in [-0.25, -0.2) is 4.79 Å². The van der Waals surface area contributed by atoms with E-state index in [4.69, 9.17) is 5.73 Å². The highest BCUT2D eigenvalue weighted by molar-refractivity contribution is 6.06. The monoisotopic (exact) mass is 444 g/mol. The number of nitrogens with one attached hydrogen (secondary N) is 1. The SMILES string of the molecule is Cc1cc(C(=O)N(Cc2ccccc2)c2c(N)n(Cc3ccccc3)c(=O)[nH]c2=O)n(C)n1. The molecular formula is C24H24N6O3. The number of rotatable bonds is 6. The molecule has 0 aliphatic carbocycles. The number of aryl methyl sites for hydroxylation is 2. The summed E-state index contributed by atoms with van der Waals surface area (Å²) < 4.78 is 2.71. The smallest absolute Gasteiger partial charge is 0.330 e. The topological polar surface area (TPSA) is 119 Å². The van der Waals surface area contributed by atoms with Crippen molar-refractivity contribution in [1.29, 1.82) is 0 Å². The average Bonchev–Trinajstić information content (AvgIpc) is 3.14. The average molecular weight is 444 g/mol. The van der Waals surface area contributed by atoms with E-state index in [2.05, 4.69) is 10.1 Å². The Kier molecular flexibility index (Phi) is 5.95. The molecule has 9 nitrogen and oxygen atoms in total. The molecule has 4 rings (SSSR count). The normalized spacial score (nSPS) is 10.8. The first kappa shape index (κ1) is 21.8. The van der Waals surface area contributed by atoms with E-state index < -0.39 is 17.2 Å². The molecule has 1 amide bonds. The van der Waals surface area contributed by atoms with Gasteiger partial charge in [-0.1, -0.05) is 60.7 Å². The minimum Gasteiger partial charge on any atom is -0.383 e. The molecule has 4 aromatic rings. The summed E-state index contributed by atoms with van der Waals surface area (Å²) in [5, 5.41) is 4.24. The second kappa shape index (κ2) is 8.99. The number of nitrogens with zero attached hydrogens (tertiary/aromatic N) is 4. The fraction of sp³-hybridized carbons (Fsp3) is 0.167. The second-order valence-electron chi connectivity index (χ2n) is 7.74. The standard InChI is InChI=1S/C24H24N6O3/c1-16-13-19(28(2)27-16)23(32)29(14-17-9-5-3-6-10-17)20-21(25)30(24(33)26-22(20)31)15-18-11-7-4-8-12-18/h3-13H,14-15,25H2,1-2H3,(H,26,31,33). The minimum atomic E-state index is -0.731. The Morgan fingerprint density at radius 3 is 2.21 bits per heavy atom. The molecule has 0 aliphatic heterocycles. The number of carbonyl (C=O) groups is 1. The molecule has 0 saturated heterocycles. The fourth-order valence-corrected chi connectivity index (χ4v) is 3.73. The molecule has 0 aliphatic rings. The van der Waals surface area contributed by atoms with Gasteiger partial charge in [0, 0.05) is 7.05 Å². The lowest BCUT2D eigenvalue weighted by molar-refractivity contribution is 0.0975. The quantitative estimate of drug-likeness (QED) is 0.472. The van der Waals surface area contributed by atoms with Gasteiger partial charge in [0.15, 0.2) is 5.69 Å². The van der Waals surface area contributed by atoms with Crippen molar-refractivity contribution in [1.82, 2.24) is 19.3 Å². The number of H-pyrrole nitrogens is 1. The van der Waals surface area contributed by atoms with Crippen molar-refractivity contribution in [3.8, 4) is 0 Å². The van der Waals surface area contributed by atoms with Crippen LogP contribution in [0.15, 0.2) is 76.3 Å². The number of nitrogens with two attached hydrogens (primary N) is 1. The van der Waals surface area contributed by atoms with Crippen LogP contribution in [0, 0.1) is 6.92 Å². The van der Waals surface area contributed by atoms with E-state index >= 15 is 0 Å². The number of aromatic nitrogens is 4. The Labute approximate surface area is 189 Å². The first-order valence-electron chi connectivity index (χ1n) is 10.4. The summed E-state index contributed by atoms with van der Waals surface area (Å²) in [5.74, 6) is -0.542. The highest BCUT2D eigenvalue weighted by Gasteiger charge is 2.27. The van der Waals surface area contributed by atoms with Crippen LogP contribution in [0.5, 0.6) is 0 Å². The van der Waals surface area contributed by atoms with E-state index in [0.717, 1.165) is 11.1 Å². The van der Waals surface area contributed by atoms with E-state index in [1.54, 1.807) is 20.0 Å². The predicted molar refractivity (Wildman–Crippen MR) is 126 cm³/mol. The summed E-state index contributed by atoms with van der Waals surface area (Å²) in [6, 6.07) is 20.1. The first-order valence-corrected chi connectivity index (χ1v) is 10.4. The van der Waals surface area contributed by atoms with E-state index in [0.29, 0.717) is 11.4 Å². The number of aromatic amines is 1. The number of carbonyl (C=O) groups excluding carboxylic acids is 1. The van der Waals surface area contributed by atoms with Gasteiger partial charge in [0.1, 0.15) is 11.5 Å². The van der Waals surface area contributed by atoms with Crippen LogP contribution >= 0.6 is 0 Å². The Morgan fingerprint density at radius 1 is 1.03 bits per heavy atom. The highest BCUT2D eigenvalue weighted by Crippen LogP contribution is 2.23. The largest absolute Gasteiger partial charge is 0.383 e. The van der Waals surface area contributed by atoms with Gasteiger partial charge in [-0.05, 0) is 24.1 Å². The van der Waals surface area contributed by atoms with E-state index in [1.165, 1.54) is 14.1 Å². The van der Waals surface area contributed by atoms with Crippen LogP contribution in [0.2, 0.25) is 0 Å². The molecule has 0 spiro atoms. The molecule has 0 fully saturated rings. The van der Waals surface area contributed by atoms with Gasteiger partial charge < -0.3 is 5.73 Å². The molecular weight excluding hydrogens is 420 g/mol. The van der Waals surface area contributed by atoms with E-state index in [-0.39, 0.29) is 24.6 Å². The maximum Gasteiger partial charge on any atom is 0.330 e. The molecule has 0 atom stereocenters. The molecule has 3 N–H and O–H groups in total. The third-order valence-electron chi connectivity index (χ3n) is 5.32. The molecule has 2 aromatic heterocycles. The van der Waals surface area contributed by atoms with Gasteiger partial charge in [0.25, 0.3) is 11.5 Å². The number of anilines is 2. The minimum absolute atomic E-state index is 0.0840. The van der Waals surface area contributed by atoms with E-state index in [1.807, 2.05) is 60.7 Å². The van der Waals surface area contributed by atoms with Crippen LogP contribution < -0.4 is 21.9 Å². The number of nitrogen functional groups attached to an aromatic ring is 1. The zero-order chi connectivity index (χ0) is 23.5. The van der Waals surface area contributed by atoms with Crippen LogP contribution in [-0.2, 0) is 20.1 Å². The third kappa shape index (κ3) is 4.47. The number of benzene rings is 2. The molecule has 2 heterocycles. The zero-order valence-corrected chi connectivity index (χ0v) is 18.4. The van der Waals surface area contributed by atoms with Crippen LogP contribution in [0.25, 0.3) is 0 Å². The van der Waals surface area contributed by atoms with Crippen molar-refractivity contribution < 1.29 is 4.79 Å². The summed E-state index contributed by atoms with van der Waals surface area (Å²) in [6.45, 7) is 2.01. The zero-order valence-electron chi connectivity index (χ0n) is 18.4. The van der Waals surface area contributed by atoms with Crippen LogP contribution in [0.1, 0.15) is 27.3 Å². The lowest BCUT2D eigenvalue weighted by Gasteiger charge is -2.24. The Balaban J connectivity index is 1.86. The van der Waals surface area contributed by atoms with Crippen molar-refractivity contribution >= 4 is 17.4 Å².